The molecule has 2 heteroatoms. The number of hydrogen-bond donors (Lipinski definition) is 0. The summed E-state index contributed by atoms with van der Waals surface area (Å²) in [6.07, 6.45) is 7.85. The zero-order valence-electron chi connectivity index (χ0n) is 12.4. The third-order valence-corrected chi connectivity index (χ3v) is 4.02. The fourth-order valence-corrected chi connectivity index (χ4v) is 2.80. The van der Waals surface area contributed by atoms with E-state index < -0.39 is 0 Å². The van der Waals surface area contributed by atoms with Gasteiger partial charge < -0.3 is 4.74 Å². The summed E-state index contributed by atoms with van der Waals surface area (Å²) in [5.41, 5.74) is 4.88. The Hall–Kier alpha value is -1.83. The standard InChI is InChI=1S/C18H21NO/c1-4-5-6-14-8-10-17-16(11-14)13(3)15-9-7-12(2)20-18(15)19-17/h5-6,8,10-12H,4,7,9H2,1-3H3/b6-5+. The van der Waals surface area contributed by atoms with Crippen LogP contribution >= 0.6 is 0 Å². The number of ether oxygens (including phenoxy) is 1. The van der Waals surface area contributed by atoms with Crippen molar-refractivity contribution < 1.29 is 4.74 Å². The van der Waals surface area contributed by atoms with E-state index in [0.717, 1.165) is 30.7 Å². The van der Waals surface area contributed by atoms with E-state index in [1.807, 2.05) is 0 Å². The molecular formula is C18H21NO. The van der Waals surface area contributed by atoms with Crippen LogP contribution in [0.25, 0.3) is 17.0 Å². The number of pyridine rings is 1. The predicted molar refractivity (Wildman–Crippen MR) is 84.2 cm³/mol. The van der Waals surface area contributed by atoms with Crippen LogP contribution in [0.15, 0.2) is 24.3 Å². The van der Waals surface area contributed by atoms with Gasteiger partial charge in [-0.15, -0.1) is 0 Å². The van der Waals surface area contributed by atoms with Crippen LogP contribution in [-0.2, 0) is 6.42 Å². The van der Waals surface area contributed by atoms with Gasteiger partial charge in [-0.3, -0.25) is 0 Å². The quantitative estimate of drug-likeness (QED) is 0.788. The Kier molecular flexibility index (Phi) is 3.47. The zero-order chi connectivity index (χ0) is 14.1. The van der Waals surface area contributed by atoms with Crippen LogP contribution in [0.2, 0.25) is 0 Å². The summed E-state index contributed by atoms with van der Waals surface area (Å²) in [5, 5.41) is 1.25. The van der Waals surface area contributed by atoms with Gasteiger partial charge in [-0.1, -0.05) is 25.1 Å². The maximum Gasteiger partial charge on any atom is 0.217 e. The van der Waals surface area contributed by atoms with Gasteiger partial charge in [0.25, 0.3) is 0 Å². The Morgan fingerprint density at radius 2 is 2.25 bits per heavy atom. The third-order valence-electron chi connectivity index (χ3n) is 4.02. The molecule has 1 unspecified atom stereocenters. The lowest BCUT2D eigenvalue weighted by atomic mass is 9.96. The van der Waals surface area contributed by atoms with Crippen LogP contribution in [0.5, 0.6) is 5.88 Å². The normalized spacial score (nSPS) is 18.2. The number of fused-ring (bicyclic) bond motifs is 2. The summed E-state index contributed by atoms with van der Waals surface area (Å²) >= 11 is 0. The molecule has 20 heavy (non-hydrogen) atoms. The monoisotopic (exact) mass is 267 g/mol. The second-order valence-corrected chi connectivity index (χ2v) is 5.57. The van der Waals surface area contributed by atoms with Crippen LogP contribution in [0.4, 0.5) is 0 Å². The first-order valence-electron chi connectivity index (χ1n) is 7.45. The van der Waals surface area contributed by atoms with Gasteiger partial charge in [0.15, 0.2) is 0 Å². The zero-order valence-corrected chi connectivity index (χ0v) is 12.4. The van der Waals surface area contributed by atoms with Crippen LogP contribution in [0.3, 0.4) is 0 Å². The van der Waals surface area contributed by atoms with Gasteiger partial charge in [0.05, 0.1) is 11.6 Å². The fourth-order valence-electron chi connectivity index (χ4n) is 2.80. The molecule has 0 N–H and O–H groups in total. The van der Waals surface area contributed by atoms with Crippen molar-refractivity contribution in [3.63, 3.8) is 0 Å². The molecule has 0 saturated heterocycles. The molecule has 0 radical (unpaired) electrons. The maximum absolute atomic E-state index is 5.89. The lowest BCUT2D eigenvalue weighted by Crippen LogP contribution is -2.20. The van der Waals surface area contributed by atoms with Gasteiger partial charge in [0.1, 0.15) is 0 Å². The van der Waals surface area contributed by atoms with Crippen LogP contribution in [0.1, 0.15) is 43.4 Å². The highest BCUT2D eigenvalue weighted by Gasteiger charge is 2.20. The minimum absolute atomic E-state index is 0.276. The smallest absolute Gasteiger partial charge is 0.217 e. The number of nitrogens with zero attached hydrogens (tertiary/aromatic N) is 1. The lowest BCUT2D eigenvalue weighted by molar-refractivity contribution is 0.184. The highest BCUT2D eigenvalue weighted by Crippen LogP contribution is 2.33. The number of hydrogen-bond acceptors (Lipinski definition) is 2. The van der Waals surface area contributed by atoms with Crippen LogP contribution in [-0.4, -0.2) is 11.1 Å². The molecule has 0 fully saturated rings. The first-order chi connectivity index (χ1) is 9.69. The van der Waals surface area contributed by atoms with Gasteiger partial charge in [0.2, 0.25) is 5.88 Å². The third kappa shape index (κ3) is 2.31. The van der Waals surface area contributed by atoms with E-state index in [0.29, 0.717) is 0 Å². The molecule has 1 aliphatic rings. The van der Waals surface area contributed by atoms with E-state index in [2.05, 4.69) is 51.1 Å². The molecule has 3 rings (SSSR count). The molecule has 0 bridgehead atoms. The highest BCUT2D eigenvalue weighted by atomic mass is 16.5. The van der Waals surface area contributed by atoms with Crippen molar-refractivity contribution in [2.24, 2.45) is 0 Å². The van der Waals surface area contributed by atoms with Crippen molar-refractivity contribution in [3.05, 3.63) is 41.0 Å². The first-order valence-corrected chi connectivity index (χ1v) is 7.45. The van der Waals surface area contributed by atoms with E-state index in [-0.39, 0.29) is 6.10 Å². The number of aryl methyl sites for hydroxylation is 1. The topological polar surface area (TPSA) is 22.1 Å². The molecule has 0 aliphatic carbocycles. The van der Waals surface area contributed by atoms with Gasteiger partial charge in [-0.05, 0) is 56.4 Å². The Bertz CT molecular complexity index is 673. The minimum atomic E-state index is 0.276. The second kappa shape index (κ2) is 5.28. The molecule has 0 spiro atoms. The molecule has 0 saturated carbocycles. The molecular weight excluding hydrogens is 246 g/mol. The Balaban J connectivity index is 2.14. The number of benzene rings is 1. The van der Waals surface area contributed by atoms with E-state index >= 15 is 0 Å². The largest absolute Gasteiger partial charge is 0.474 e. The Morgan fingerprint density at radius 3 is 3.05 bits per heavy atom. The van der Waals surface area contributed by atoms with Crippen LogP contribution in [0, 0.1) is 6.92 Å². The van der Waals surface area contributed by atoms with E-state index in [1.165, 1.54) is 22.1 Å². The molecule has 1 aromatic carbocycles. The average Bonchev–Trinajstić information content (AvgIpc) is 2.45. The summed E-state index contributed by atoms with van der Waals surface area (Å²) in [6, 6.07) is 6.46. The van der Waals surface area contributed by atoms with E-state index in [1.54, 1.807) is 0 Å². The van der Waals surface area contributed by atoms with Crippen molar-refractivity contribution >= 4 is 17.0 Å². The van der Waals surface area contributed by atoms with E-state index in [4.69, 9.17) is 9.72 Å². The van der Waals surface area contributed by atoms with Crippen molar-refractivity contribution in [2.45, 2.75) is 46.1 Å². The number of aromatic nitrogens is 1. The number of allylic oxidation sites excluding steroid dienone is 1. The molecule has 2 aromatic rings. The lowest BCUT2D eigenvalue weighted by Gasteiger charge is -2.24. The SMILES string of the molecule is CC/C=C/c1ccc2nc3c(c(C)c2c1)CCC(C)O3. The highest BCUT2D eigenvalue weighted by molar-refractivity contribution is 5.86. The Morgan fingerprint density at radius 1 is 1.40 bits per heavy atom. The molecule has 1 aromatic heterocycles. The molecule has 104 valence electrons. The molecule has 0 amide bonds. The van der Waals surface area contributed by atoms with Gasteiger partial charge in [-0.2, -0.15) is 0 Å². The van der Waals surface area contributed by atoms with Gasteiger partial charge in [0, 0.05) is 10.9 Å². The summed E-state index contributed by atoms with van der Waals surface area (Å²) in [7, 11) is 0. The second-order valence-electron chi connectivity index (χ2n) is 5.57. The van der Waals surface area contributed by atoms with E-state index in [9.17, 15) is 0 Å². The van der Waals surface area contributed by atoms with Crippen molar-refractivity contribution in [1.82, 2.24) is 4.98 Å². The van der Waals surface area contributed by atoms with Gasteiger partial charge >= 0.3 is 0 Å². The summed E-state index contributed by atoms with van der Waals surface area (Å²) in [4.78, 5) is 4.70. The maximum atomic E-state index is 5.89. The molecule has 2 nitrogen and oxygen atoms in total. The minimum Gasteiger partial charge on any atom is -0.474 e. The molecule has 1 aliphatic heterocycles. The Labute approximate surface area is 120 Å². The molecule has 1 atom stereocenters. The summed E-state index contributed by atoms with van der Waals surface area (Å²) in [6.45, 7) is 6.46. The van der Waals surface area contributed by atoms with Gasteiger partial charge in [-0.25, -0.2) is 4.98 Å². The average molecular weight is 267 g/mol. The van der Waals surface area contributed by atoms with Crippen molar-refractivity contribution in [1.29, 1.82) is 0 Å². The predicted octanol–water partition coefficient (Wildman–Crippen LogP) is 4.68. The first kappa shape index (κ1) is 13.2. The summed E-state index contributed by atoms with van der Waals surface area (Å²) in [5.74, 6) is 0.839. The summed E-state index contributed by atoms with van der Waals surface area (Å²) < 4.78 is 5.89. The molecule has 2 heterocycles. The van der Waals surface area contributed by atoms with Crippen molar-refractivity contribution in [2.75, 3.05) is 0 Å². The van der Waals surface area contributed by atoms with Crippen LogP contribution < -0.4 is 4.74 Å². The fraction of sp³-hybridized carbons (Fsp3) is 0.389. The number of rotatable bonds is 2. The van der Waals surface area contributed by atoms with Crippen molar-refractivity contribution in [3.8, 4) is 5.88 Å².